The topological polar surface area (TPSA) is 81.1 Å². The summed E-state index contributed by atoms with van der Waals surface area (Å²) in [5.74, 6) is 1.12. The third-order valence-corrected chi connectivity index (χ3v) is 3.67. The number of pyridine rings is 1. The highest BCUT2D eigenvalue weighted by molar-refractivity contribution is 5.78. The first-order chi connectivity index (χ1) is 10.7. The Bertz CT molecular complexity index is 566. The van der Waals surface area contributed by atoms with Crippen molar-refractivity contribution in [2.24, 2.45) is 5.92 Å². The van der Waals surface area contributed by atoms with Crippen LogP contribution in [0.3, 0.4) is 0 Å². The highest BCUT2D eigenvalue weighted by Gasteiger charge is 2.23. The van der Waals surface area contributed by atoms with Gasteiger partial charge in [0.25, 0.3) is 0 Å². The molecular formula is C16H21N5O. The van der Waals surface area contributed by atoms with Gasteiger partial charge in [-0.25, -0.2) is 4.98 Å². The van der Waals surface area contributed by atoms with Crippen LogP contribution in [-0.2, 0) is 4.79 Å². The summed E-state index contributed by atoms with van der Waals surface area (Å²) in [7, 11) is 0. The molecule has 0 radical (unpaired) electrons. The van der Waals surface area contributed by atoms with Crippen molar-refractivity contribution < 1.29 is 4.79 Å². The Balaban J connectivity index is 1.76. The number of anilines is 1. The molecule has 2 N–H and O–H groups in total. The van der Waals surface area contributed by atoms with Crippen LogP contribution in [0.2, 0.25) is 0 Å². The van der Waals surface area contributed by atoms with Gasteiger partial charge in [0, 0.05) is 25.8 Å². The fourth-order valence-corrected chi connectivity index (χ4v) is 2.55. The van der Waals surface area contributed by atoms with Gasteiger partial charge < -0.3 is 10.6 Å². The summed E-state index contributed by atoms with van der Waals surface area (Å²) >= 11 is 0. The molecule has 1 aromatic rings. The van der Waals surface area contributed by atoms with Gasteiger partial charge in [-0.2, -0.15) is 5.26 Å². The Morgan fingerprint density at radius 2 is 2.50 bits per heavy atom. The molecule has 0 bridgehead atoms. The van der Waals surface area contributed by atoms with Crippen LogP contribution in [0.4, 0.5) is 5.82 Å². The van der Waals surface area contributed by atoms with Crippen molar-refractivity contribution >= 4 is 11.7 Å². The van der Waals surface area contributed by atoms with E-state index >= 15 is 0 Å². The van der Waals surface area contributed by atoms with Crippen LogP contribution in [0.25, 0.3) is 0 Å². The van der Waals surface area contributed by atoms with Crippen LogP contribution in [0.1, 0.15) is 12.0 Å². The molecule has 1 aromatic heterocycles. The quantitative estimate of drug-likeness (QED) is 0.734. The molecule has 6 heteroatoms. The smallest absolute Gasteiger partial charge is 0.234 e. The van der Waals surface area contributed by atoms with E-state index in [9.17, 15) is 4.79 Å². The first kappa shape index (κ1) is 16.0. The molecule has 22 heavy (non-hydrogen) atoms. The lowest BCUT2D eigenvalue weighted by Crippen LogP contribution is -2.36. The summed E-state index contributed by atoms with van der Waals surface area (Å²) in [5, 5.41) is 15.1. The van der Waals surface area contributed by atoms with Gasteiger partial charge in [0.1, 0.15) is 11.9 Å². The second kappa shape index (κ2) is 8.15. The predicted molar refractivity (Wildman–Crippen MR) is 85.2 cm³/mol. The Kier molecular flexibility index (Phi) is 5.92. The number of aromatic nitrogens is 1. The van der Waals surface area contributed by atoms with E-state index in [1.165, 1.54) is 0 Å². The number of nitrogens with zero attached hydrogens (tertiary/aromatic N) is 3. The molecule has 0 aromatic carbocycles. The lowest BCUT2D eigenvalue weighted by molar-refractivity contribution is -0.121. The fraction of sp³-hybridized carbons (Fsp3) is 0.438. The van der Waals surface area contributed by atoms with Crippen LogP contribution < -0.4 is 10.6 Å². The van der Waals surface area contributed by atoms with E-state index in [2.05, 4.69) is 33.2 Å². The van der Waals surface area contributed by atoms with E-state index in [0.29, 0.717) is 30.4 Å². The number of likely N-dealkylation sites (tertiary alicyclic amines) is 1. The van der Waals surface area contributed by atoms with E-state index in [-0.39, 0.29) is 5.91 Å². The second-order valence-corrected chi connectivity index (χ2v) is 5.37. The summed E-state index contributed by atoms with van der Waals surface area (Å²) in [4.78, 5) is 18.0. The minimum absolute atomic E-state index is 0.0324. The third kappa shape index (κ3) is 4.57. The highest BCUT2D eigenvalue weighted by atomic mass is 16.2. The number of hydrogen-bond donors (Lipinski definition) is 2. The van der Waals surface area contributed by atoms with Crippen molar-refractivity contribution in [3.63, 3.8) is 0 Å². The van der Waals surface area contributed by atoms with Gasteiger partial charge in [-0.05, 0) is 31.0 Å². The van der Waals surface area contributed by atoms with Crippen molar-refractivity contribution in [2.75, 3.05) is 38.0 Å². The average Bonchev–Trinajstić information content (AvgIpc) is 2.98. The normalized spacial score (nSPS) is 17.7. The first-order valence-corrected chi connectivity index (χ1v) is 7.42. The first-order valence-electron chi connectivity index (χ1n) is 7.42. The summed E-state index contributed by atoms with van der Waals surface area (Å²) in [5.41, 5.74) is 0.557. The molecule has 0 unspecified atom stereocenters. The van der Waals surface area contributed by atoms with Crippen molar-refractivity contribution in [3.05, 3.63) is 36.5 Å². The molecular weight excluding hydrogens is 278 g/mol. The van der Waals surface area contributed by atoms with Crippen molar-refractivity contribution in [3.8, 4) is 6.07 Å². The molecule has 1 aliphatic rings. The molecule has 0 spiro atoms. The molecule has 6 nitrogen and oxygen atoms in total. The molecule has 1 fully saturated rings. The number of nitrogens with one attached hydrogen (secondary N) is 2. The lowest BCUT2D eigenvalue weighted by Gasteiger charge is -2.16. The third-order valence-electron chi connectivity index (χ3n) is 3.67. The molecule has 0 saturated carbocycles. The zero-order valence-electron chi connectivity index (χ0n) is 12.6. The molecule has 2 rings (SSSR count). The van der Waals surface area contributed by atoms with E-state index in [1.54, 1.807) is 24.4 Å². The highest BCUT2D eigenvalue weighted by Crippen LogP contribution is 2.17. The number of amides is 1. The van der Waals surface area contributed by atoms with Crippen LogP contribution in [0.5, 0.6) is 0 Å². The van der Waals surface area contributed by atoms with Gasteiger partial charge in [-0.15, -0.1) is 6.58 Å². The summed E-state index contributed by atoms with van der Waals surface area (Å²) in [6.45, 7) is 7.07. The van der Waals surface area contributed by atoms with E-state index in [1.807, 2.05) is 0 Å². The molecule has 1 aliphatic heterocycles. The Morgan fingerprint density at radius 3 is 3.27 bits per heavy atom. The van der Waals surface area contributed by atoms with Gasteiger partial charge in [0.2, 0.25) is 5.91 Å². The van der Waals surface area contributed by atoms with Gasteiger partial charge >= 0.3 is 0 Å². The Labute approximate surface area is 130 Å². The maximum absolute atomic E-state index is 11.7. The maximum Gasteiger partial charge on any atom is 0.234 e. The summed E-state index contributed by atoms with van der Waals surface area (Å²) in [6.07, 6.45) is 4.39. The van der Waals surface area contributed by atoms with Crippen LogP contribution in [0.15, 0.2) is 31.0 Å². The number of hydrogen-bond acceptors (Lipinski definition) is 5. The zero-order valence-corrected chi connectivity index (χ0v) is 12.6. The minimum Gasteiger partial charge on any atom is -0.369 e. The van der Waals surface area contributed by atoms with Gasteiger partial charge in [-0.3, -0.25) is 9.69 Å². The van der Waals surface area contributed by atoms with E-state index in [4.69, 9.17) is 5.26 Å². The fourth-order valence-electron chi connectivity index (χ4n) is 2.55. The maximum atomic E-state index is 11.7. The van der Waals surface area contributed by atoms with Crippen molar-refractivity contribution in [1.29, 1.82) is 5.26 Å². The lowest BCUT2D eigenvalue weighted by atomic mass is 10.1. The largest absolute Gasteiger partial charge is 0.369 e. The second-order valence-electron chi connectivity index (χ2n) is 5.37. The number of carbonyl (C=O) groups is 1. The van der Waals surface area contributed by atoms with Crippen LogP contribution >= 0.6 is 0 Å². The van der Waals surface area contributed by atoms with Gasteiger partial charge in [0.15, 0.2) is 0 Å². The van der Waals surface area contributed by atoms with E-state index < -0.39 is 0 Å². The predicted octanol–water partition coefficient (Wildman–Crippen LogP) is 0.989. The van der Waals surface area contributed by atoms with Crippen molar-refractivity contribution in [1.82, 2.24) is 15.2 Å². The average molecular weight is 299 g/mol. The zero-order chi connectivity index (χ0) is 15.8. The molecule has 0 aliphatic carbocycles. The van der Waals surface area contributed by atoms with Crippen LogP contribution in [0, 0.1) is 17.2 Å². The SMILES string of the molecule is C=CCNC(=O)CN1CC[C@@H](CNc2ncccc2C#N)C1. The number of carbonyl (C=O) groups excluding carboxylic acids is 1. The van der Waals surface area contributed by atoms with Crippen LogP contribution in [-0.4, -0.2) is 48.5 Å². The molecule has 1 atom stereocenters. The molecule has 2 heterocycles. The molecule has 1 amide bonds. The Morgan fingerprint density at radius 1 is 1.64 bits per heavy atom. The summed E-state index contributed by atoms with van der Waals surface area (Å²) in [6, 6.07) is 5.63. The van der Waals surface area contributed by atoms with Gasteiger partial charge in [0.05, 0.1) is 12.1 Å². The summed E-state index contributed by atoms with van der Waals surface area (Å²) < 4.78 is 0. The Hall–Kier alpha value is -2.39. The minimum atomic E-state index is 0.0324. The molecule has 116 valence electrons. The monoisotopic (exact) mass is 299 g/mol. The standard InChI is InChI=1S/C16H21N5O/c1-2-6-18-15(22)12-21-8-5-13(11-21)10-20-16-14(9-17)4-3-7-19-16/h2-4,7,13H,1,5-6,8,10-12H2,(H,18,22)(H,19,20)/t13-/m0/s1. The van der Waals surface area contributed by atoms with Gasteiger partial charge in [-0.1, -0.05) is 6.08 Å². The van der Waals surface area contributed by atoms with E-state index in [0.717, 1.165) is 26.1 Å². The molecule has 1 saturated heterocycles. The number of rotatable bonds is 7. The number of nitriles is 1. The van der Waals surface area contributed by atoms with Crippen molar-refractivity contribution in [2.45, 2.75) is 6.42 Å².